The minimum Gasteiger partial charge on any atom is -0.228 e. The van der Waals surface area contributed by atoms with Gasteiger partial charge in [0.25, 0.3) is 0 Å². The van der Waals surface area contributed by atoms with E-state index in [0.29, 0.717) is 0 Å². The number of halogens is 1. The Bertz CT molecular complexity index is 217. The van der Waals surface area contributed by atoms with Crippen LogP contribution >= 0.6 is 22.6 Å². The highest BCUT2D eigenvalue weighted by atomic mass is 127. The van der Waals surface area contributed by atoms with E-state index in [9.17, 15) is 0 Å². The van der Waals surface area contributed by atoms with Gasteiger partial charge in [0, 0.05) is 0 Å². The molecule has 1 rings (SSSR count). The molecule has 1 heterocycles. The zero-order chi connectivity index (χ0) is 7.56. The predicted molar refractivity (Wildman–Crippen MR) is 48.6 cm³/mol. The number of imidazole rings is 1. The van der Waals surface area contributed by atoms with E-state index in [-0.39, 0.29) is 0 Å². The normalized spacial score (nSPS) is 10.3. The molecule has 0 fully saturated rings. The lowest BCUT2D eigenvalue weighted by molar-refractivity contribution is -0.684. The first kappa shape index (κ1) is 8.04. The maximum absolute atomic E-state index is 2.35. The summed E-state index contributed by atoms with van der Waals surface area (Å²) in [5.41, 5.74) is 0. The third-order valence-corrected chi connectivity index (χ3v) is 2.84. The summed E-state index contributed by atoms with van der Waals surface area (Å²) in [4.78, 5) is 0. The van der Waals surface area contributed by atoms with Crippen molar-refractivity contribution in [3.8, 4) is 0 Å². The summed E-state index contributed by atoms with van der Waals surface area (Å²) in [6, 6.07) is 0. The number of aromatic nitrogens is 2. The summed E-state index contributed by atoms with van der Waals surface area (Å²) in [5, 5.41) is 0. The van der Waals surface area contributed by atoms with Gasteiger partial charge >= 0.3 is 3.83 Å². The van der Waals surface area contributed by atoms with Gasteiger partial charge in [0.2, 0.25) is 0 Å². The van der Waals surface area contributed by atoms with Crippen LogP contribution in [0.15, 0.2) is 12.4 Å². The fraction of sp³-hybridized carbons (Fsp3) is 0.571. The number of rotatable bonds is 2. The molecular weight excluding hydrogens is 239 g/mol. The van der Waals surface area contributed by atoms with Gasteiger partial charge in [0.05, 0.1) is 36.2 Å². The standard InChI is InChI=1S/C7H12IN2/c1-3-4-10-6-5-9(2)7(10)8/h5-6H,3-4H2,1-2H3/q+1. The van der Waals surface area contributed by atoms with E-state index in [1.165, 1.54) is 10.3 Å². The summed E-state index contributed by atoms with van der Waals surface area (Å²) in [6.07, 6.45) is 5.40. The Balaban J connectivity index is 2.83. The van der Waals surface area contributed by atoms with E-state index < -0.39 is 0 Å². The summed E-state index contributed by atoms with van der Waals surface area (Å²) in [5.74, 6) is 0. The number of hydrogen-bond donors (Lipinski definition) is 0. The van der Waals surface area contributed by atoms with Crippen LogP contribution in [0.4, 0.5) is 0 Å². The zero-order valence-electron chi connectivity index (χ0n) is 6.34. The molecule has 0 saturated heterocycles. The molecule has 56 valence electrons. The molecule has 0 saturated carbocycles. The average molecular weight is 251 g/mol. The van der Waals surface area contributed by atoms with Crippen molar-refractivity contribution >= 4 is 22.6 Å². The molecular formula is C7H12IN2+. The second kappa shape index (κ2) is 3.37. The molecule has 0 radical (unpaired) electrons. The van der Waals surface area contributed by atoms with Crippen LogP contribution in [-0.4, -0.2) is 4.57 Å². The van der Waals surface area contributed by atoms with Crippen LogP contribution in [0.2, 0.25) is 0 Å². The fourth-order valence-electron chi connectivity index (χ4n) is 0.914. The maximum Gasteiger partial charge on any atom is 0.317 e. The molecule has 0 N–H and O–H groups in total. The minimum absolute atomic E-state index is 1.12. The lowest BCUT2D eigenvalue weighted by Crippen LogP contribution is -2.30. The molecule has 0 atom stereocenters. The number of aryl methyl sites for hydroxylation is 2. The van der Waals surface area contributed by atoms with Gasteiger partial charge in [0.15, 0.2) is 0 Å². The van der Waals surface area contributed by atoms with Crippen LogP contribution < -0.4 is 4.57 Å². The van der Waals surface area contributed by atoms with E-state index in [2.05, 4.69) is 58.1 Å². The lowest BCUT2D eigenvalue weighted by atomic mass is 10.5. The Kier molecular flexibility index (Phi) is 2.71. The summed E-state index contributed by atoms with van der Waals surface area (Å²) in [7, 11) is 2.06. The van der Waals surface area contributed by atoms with Gasteiger partial charge in [-0.3, -0.25) is 0 Å². The van der Waals surface area contributed by atoms with Crippen molar-refractivity contribution in [3.05, 3.63) is 16.2 Å². The largest absolute Gasteiger partial charge is 0.317 e. The minimum atomic E-state index is 1.12. The molecule has 0 bridgehead atoms. The number of hydrogen-bond acceptors (Lipinski definition) is 0. The van der Waals surface area contributed by atoms with Crippen molar-refractivity contribution in [2.24, 2.45) is 7.05 Å². The summed E-state index contributed by atoms with van der Waals surface area (Å²) >= 11 is 2.35. The predicted octanol–water partition coefficient (Wildman–Crippen LogP) is 1.33. The Morgan fingerprint density at radius 2 is 2.40 bits per heavy atom. The van der Waals surface area contributed by atoms with Gasteiger partial charge < -0.3 is 0 Å². The van der Waals surface area contributed by atoms with Crippen LogP contribution in [0.3, 0.4) is 0 Å². The molecule has 10 heavy (non-hydrogen) atoms. The average Bonchev–Trinajstić information content (AvgIpc) is 2.20. The monoisotopic (exact) mass is 251 g/mol. The Hall–Kier alpha value is -0.0600. The van der Waals surface area contributed by atoms with Crippen molar-refractivity contribution in [3.63, 3.8) is 0 Å². The molecule has 1 aromatic heterocycles. The molecule has 2 nitrogen and oxygen atoms in total. The molecule has 3 heteroatoms. The van der Waals surface area contributed by atoms with Crippen molar-refractivity contribution in [1.82, 2.24) is 4.57 Å². The van der Waals surface area contributed by atoms with E-state index in [1.54, 1.807) is 0 Å². The molecule has 0 unspecified atom stereocenters. The molecule has 0 aliphatic heterocycles. The first-order valence-corrected chi connectivity index (χ1v) is 4.54. The highest BCUT2D eigenvalue weighted by Gasteiger charge is 2.07. The number of nitrogens with zero attached hydrogens (tertiary/aromatic N) is 2. The SMILES string of the molecule is CCCn1cc[n+](C)c1I. The zero-order valence-corrected chi connectivity index (χ0v) is 8.50. The molecule has 0 amide bonds. The highest BCUT2D eigenvalue weighted by molar-refractivity contribution is 14.1. The van der Waals surface area contributed by atoms with Crippen molar-refractivity contribution < 1.29 is 4.57 Å². The molecule has 0 spiro atoms. The quantitative estimate of drug-likeness (QED) is 0.554. The van der Waals surface area contributed by atoms with Gasteiger partial charge in [-0.15, -0.1) is 0 Å². The van der Waals surface area contributed by atoms with Crippen molar-refractivity contribution in [2.45, 2.75) is 19.9 Å². The first-order valence-electron chi connectivity index (χ1n) is 3.46. The highest BCUT2D eigenvalue weighted by Crippen LogP contribution is 1.99. The van der Waals surface area contributed by atoms with Gasteiger partial charge in [-0.1, -0.05) is 6.92 Å². The van der Waals surface area contributed by atoms with Crippen LogP contribution in [0.5, 0.6) is 0 Å². The second-order valence-electron chi connectivity index (χ2n) is 2.37. The second-order valence-corrected chi connectivity index (χ2v) is 3.34. The summed E-state index contributed by atoms with van der Waals surface area (Å²) < 4.78 is 5.66. The lowest BCUT2D eigenvalue weighted by Gasteiger charge is -1.91. The Labute approximate surface area is 75.0 Å². The maximum atomic E-state index is 2.35. The van der Waals surface area contributed by atoms with Gasteiger partial charge in [0.1, 0.15) is 12.4 Å². The molecule has 1 aromatic rings. The van der Waals surface area contributed by atoms with Gasteiger partial charge in [-0.2, -0.15) is 0 Å². The van der Waals surface area contributed by atoms with Gasteiger partial charge in [-0.05, 0) is 6.42 Å². The Morgan fingerprint density at radius 3 is 2.80 bits per heavy atom. The van der Waals surface area contributed by atoms with Crippen LogP contribution in [0.1, 0.15) is 13.3 Å². The fourth-order valence-corrected chi connectivity index (χ4v) is 1.48. The molecule has 0 aliphatic rings. The third kappa shape index (κ3) is 1.51. The van der Waals surface area contributed by atoms with E-state index in [4.69, 9.17) is 0 Å². The van der Waals surface area contributed by atoms with Gasteiger partial charge in [-0.25, -0.2) is 9.13 Å². The topological polar surface area (TPSA) is 8.81 Å². The van der Waals surface area contributed by atoms with Crippen LogP contribution in [-0.2, 0) is 13.6 Å². The van der Waals surface area contributed by atoms with E-state index in [1.807, 2.05) is 0 Å². The third-order valence-electron chi connectivity index (χ3n) is 1.46. The summed E-state index contributed by atoms with van der Waals surface area (Å²) in [6.45, 7) is 3.31. The Morgan fingerprint density at radius 1 is 1.70 bits per heavy atom. The van der Waals surface area contributed by atoms with Crippen molar-refractivity contribution in [2.75, 3.05) is 0 Å². The molecule has 0 aliphatic carbocycles. The van der Waals surface area contributed by atoms with E-state index >= 15 is 0 Å². The van der Waals surface area contributed by atoms with Crippen molar-refractivity contribution in [1.29, 1.82) is 0 Å². The molecule has 0 aromatic carbocycles. The van der Waals surface area contributed by atoms with E-state index in [0.717, 1.165) is 6.54 Å². The van der Waals surface area contributed by atoms with Crippen LogP contribution in [0, 0.1) is 3.83 Å². The van der Waals surface area contributed by atoms with Crippen LogP contribution in [0.25, 0.3) is 0 Å². The smallest absolute Gasteiger partial charge is 0.228 e. The first-order chi connectivity index (χ1) is 4.75.